The number of pyridine rings is 1. The van der Waals surface area contributed by atoms with E-state index in [1.807, 2.05) is 12.4 Å². The summed E-state index contributed by atoms with van der Waals surface area (Å²) >= 11 is 0. The quantitative estimate of drug-likeness (QED) is 0.875. The molecule has 0 amide bonds. The molecule has 106 valence electrons. The normalized spacial score (nSPS) is 17.2. The zero-order chi connectivity index (χ0) is 13.7. The Balaban J connectivity index is 2.02. The molecule has 4 heteroatoms. The second-order valence-corrected chi connectivity index (χ2v) is 5.40. The van der Waals surface area contributed by atoms with Crippen molar-refractivity contribution in [2.75, 3.05) is 37.6 Å². The van der Waals surface area contributed by atoms with Crippen LogP contribution >= 0.6 is 0 Å². The second-order valence-electron chi connectivity index (χ2n) is 5.40. The fourth-order valence-electron chi connectivity index (χ4n) is 2.60. The summed E-state index contributed by atoms with van der Waals surface area (Å²) in [5, 5.41) is 3.39. The highest BCUT2D eigenvalue weighted by Crippen LogP contribution is 2.21. The molecule has 4 nitrogen and oxygen atoms in total. The fourth-order valence-corrected chi connectivity index (χ4v) is 2.60. The van der Waals surface area contributed by atoms with Gasteiger partial charge in [0.05, 0.1) is 0 Å². The van der Waals surface area contributed by atoms with Crippen LogP contribution in [-0.2, 0) is 6.54 Å². The Kier molecular flexibility index (Phi) is 5.16. The van der Waals surface area contributed by atoms with Gasteiger partial charge in [0.1, 0.15) is 0 Å². The van der Waals surface area contributed by atoms with Gasteiger partial charge in [-0.05, 0) is 26.5 Å². The van der Waals surface area contributed by atoms with Crippen molar-refractivity contribution in [3.63, 3.8) is 0 Å². The maximum absolute atomic E-state index is 4.26. The smallest absolute Gasteiger partial charge is 0.0443 e. The largest absolute Gasteiger partial charge is 0.369 e. The van der Waals surface area contributed by atoms with Crippen LogP contribution in [0.15, 0.2) is 18.5 Å². The molecule has 2 rings (SSSR count). The van der Waals surface area contributed by atoms with Crippen LogP contribution in [0.4, 0.5) is 5.69 Å². The summed E-state index contributed by atoms with van der Waals surface area (Å²) in [5.74, 6) is 0. The van der Waals surface area contributed by atoms with Crippen molar-refractivity contribution in [2.45, 2.75) is 33.4 Å². The molecule has 1 saturated heterocycles. The minimum Gasteiger partial charge on any atom is -0.369 e. The zero-order valence-corrected chi connectivity index (χ0v) is 12.4. The molecule has 1 N–H and O–H groups in total. The van der Waals surface area contributed by atoms with Gasteiger partial charge in [-0.1, -0.05) is 6.92 Å². The number of aromatic nitrogens is 1. The molecule has 0 aliphatic carbocycles. The van der Waals surface area contributed by atoms with E-state index in [0.717, 1.165) is 39.3 Å². The summed E-state index contributed by atoms with van der Waals surface area (Å²) in [4.78, 5) is 9.30. The van der Waals surface area contributed by atoms with Gasteiger partial charge in [0.25, 0.3) is 0 Å². The average molecular weight is 262 g/mol. The molecule has 1 fully saturated rings. The second kappa shape index (κ2) is 6.87. The summed E-state index contributed by atoms with van der Waals surface area (Å²) in [7, 11) is 0. The van der Waals surface area contributed by atoms with Gasteiger partial charge >= 0.3 is 0 Å². The predicted molar refractivity (Wildman–Crippen MR) is 80.5 cm³/mol. The van der Waals surface area contributed by atoms with E-state index in [-0.39, 0.29) is 0 Å². The molecule has 1 aliphatic heterocycles. The first-order chi connectivity index (χ1) is 9.22. The lowest BCUT2D eigenvalue weighted by Crippen LogP contribution is -2.49. The fraction of sp³-hybridized carbons (Fsp3) is 0.667. The molecular formula is C15H26N4. The Morgan fingerprint density at radius 1 is 1.26 bits per heavy atom. The molecule has 0 atom stereocenters. The SMILES string of the molecule is CCNCc1cnccc1N1CCN(C(C)C)CC1. The van der Waals surface area contributed by atoms with Crippen LogP contribution in [-0.4, -0.2) is 48.6 Å². The van der Waals surface area contributed by atoms with E-state index in [4.69, 9.17) is 0 Å². The summed E-state index contributed by atoms with van der Waals surface area (Å²) in [6.07, 6.45) is 3.90. The molecule has 0 spiro atoms. The first-order valence-electron chi connectivity index (χ1n) is 7.35. The molecule has 0 unspecified atom stereocenters. The summed E-state index contributed by atoms with van der Waals surface area (Å²) in [5.41, 5.74) is 2.65. The zero-order valence-electron chi connectivity index (χ0n) is 12.4. The van der Waals surface area contributed by atoms with Gasteiger partial charge < -0.3 is 10.2 Å². The number of nitrogens with zero attached hydrogens (tertiary/aromatic N) is 3. The van der Waals surface area contributed by atoms with Crippen LogP contribution in [0.3, 0.4) is 0 Å². The lowest BCUT2D eigenvalue weighted by molar-refractivity contribution is 0.209. The Bertz CT molecular complexity index is 383. The maximum Gasteiger partial charge on any atom is 0.0443 e. The number of hydrogen-bond donors (Lipinski definition) is 1. The lowest BCUT2D eigenvalue weighted by Gasteiger charge is -2.38. The Hall–Kier alpha value is -1.13. The third-order valence-electron chi connectivity index (χ3n) is 3.83. The van der Waals surface area contributed by atoms with Gasteiger partial charge in [0.15, 0.2) is 0 Å². The molecule has 0 saturated carbocycles. The van der Waals surface area contributed by atoms with Gasteiger partial charge in [0.2, 0.25) is 0 Å². The number of anilines is 1. The molecule has 1 aromatic rings. The van der Waals surface area contributed by atoms with Crippen LogP contribution < -0.4 is 10.2 Å². The van der Waals surface area contributed by atoms with E-state index in [1.165, 1.54) is 11.3 Å². The van der Waals surface area contributed by atoms with E-state index in [9.17, 15) is 0 Å². The van der Waals surface area contributed by atoms with E-state index in [0.29, 0.717) is 6.04 Å². The van der Waals surface area contributed by atoms with Crippen molar-refractivity contribution >= 4 is 5.69 Å². The predicted octanol–water partition coefficient (Wildman–Crippen LogP) is 1.72. The van der Waals surface area contributed by atoms with Crippen LogP contribution in [0.1, 0.15) is 26.3 Å². The van der Waals surface area contributed by atoms with Crippen molar-refractivity contribution in [1.29, 1.82) is 0 Å². The highest BCUT2D eigenvalue weighted by molar-refractivity contribution is 5.52. The first kappa shape index (κ1) is 14.3. The van der Waals surface area contributed by atoms with Crippen molar-refractivity contribution in [1.82, 2.24) is 15.2 Å². The van der Waals surface area contributed by atoms with E-state index < -0.39 is 0 Å². The van der Waals surface area contributed by atoms with Crippen LogP contribution in [0, 0.1) is 0 Å². The third kappa shape index (κ3) is 3.67. The minimum absolute atomic E-state index is 0.654. The third-order valence-corrected chi connectivity index (χ3v) is 3.83. The molecule has 1 aromatic heterocycles. The highest BCUT2D eigenvalue weighted by atomic mass is 15.3. The van der Waals surface area contributed by atoms with Gasteiger partial charge in [-0.25, -0.2) is 0 Å². The highest BCUT2D eigenvalue weighted by Gasteiger charge is 2.20. The number of hydrogen-bond acceptors (Lipinski definition) is 4. The summed E-state index contributed by atoms with van der Waals surface area (Å²) < 4.78 is 0. The topological polar surface area (TPSA) is 31.4 Å². The minimum atomic E-state index is 0.654. The summed E-state index contributed by atoms with van der Waals surface area (Å²) in [6.45, 7) is 13.1. The molecule has 0 aromatic carbocycles. The van der Waals surface area contributed by atoms with Crippen LogP contribution in [0.25, 0.3) is 0 Å². The molecular weight excluding hydrogens is 236 g/mol. The Morgan fingerprint density at radius 3 is 2.63 bits per heavy atom. The van der Waals surface area contributed by atoms with Crippen molar-refractivity contribution < 1.29 is 0 Å². The lowest BCUT2D eigenvalue weighted by atomic mass is 10.1. The van der Waals surface area contributed by atoms with E-state index in [1.54, 1.807) is 0 Å². The van der Waals surface area contributed by atoms with Crippen molar-refractivity contribution in [3.8, 4) is 0 Å². The van der Waals surface area contributed by atoms with Gasteiger partial charge in [-0.15, -0.1) is 0 Å². The standard InChI is InChI=1S/C15H26N4/c1-4-16-11-14-12-17-6-5-15(14)19-9-7-18(8-10-19)13(2)3/h5-6,12-13,16H,4,7-11H2,1-3H3. The Morgan fingerprint density at radius 2 is 2.00 bits per heavy atom. The van der Waals surface area contributed by atoms with Crippen molar-refractivity contribution in [2.24, 2.45) is 0 Å². The number of piperazine rings is 1. The molecule has 0 bridgehead atoms. The maximum atomic E-state index is 4.26. The van der Waals surface area contributed by atoms with Crippen LogP contribution in [0.5, 0.6) is 0 Å². The van der Waals surface area contributed by atoms with Crippen molar-refractivity contribution in [3.05, 3.63) is 24.0 Å². The van der Waals surface area contributed by atoms with Gasteiger partial charge in [-0.3, -0.25) is 9.88 Å². The summed E-state index contributed by atoms with van der Waals surface area (Å²) in [6, 6.07) is 2.80. The first-order valence-corrected chi connectivity index (χ1v) is 7.35. The van der Waals surface area contributed by atoms with Gasteiger partial charge in [-0.2, -0.15) is 0 Å². The number of nitrogens with one attached hydrogen (secondary N) is 1. The van der Waals surface area contributed by atoms with Gasteiger partial charge in [0, 0.05) is 62.4 Å². The van der Waals surface area contributed by atoms with E-state index in [2.05, 4.69) is 46.9 Å². The average Bonchev–Trinajstić information content (AvgIpc) is 2.45. The Labute approximate surface area is 116 Å². The molecule has 19 heavy (non-hydrogen) atoms. The monoisotopic (exact) mass is 262 g/mol. The van der Waals surface area contributed by atoms with Crippen LogP contribution in [0.2, 0.25) is 0 Å². The molecule has 0 radical (unpaired) electrons. The number of rotatable bonds is 5. The molecule has 2 heterocycles. The van der Waals surface area contributed by atoms with E-state index >= 15 is 0 Å². The molecule has 1 aliphatic rings.